The Morgan fingerprint density at radius 3 is 2.81 bits per heavy atom. The van der Waals surface area contributed by atoms with Gasteiger partial charge in [0, 0.05) is 50.3 Å². The maximum atomic E-state index is 12.1. The Bertz CT molecular complexity index is 243. The second-order valence-electron chi connectivity index (χ2n) is 4.54. The molecule has 1 amide bonds. The predicted octanol–water partition coefficient (Wildman–Crippen LogP) is -0.144. The average molecular weight is 243 g/mol. The molecule has 1 atom stereocenters. The van der Waals surface area contributed by atoms with Crippen LogP contribution in [0.25, 0.3) is 0 Å². The van der Waals surface area contributed by atoms with Crippen molar-refractivity contribution >= 4 is 17.7 Å². The molecule has 0 aromatic heterocycles. The van der Waals surface area contributed by atoms with E-state index in [1.54, 1.807) is 0 Å². The van der Waals surface area contributed by atoms with Crippen molar-refractivity contribution in [2.75, 3.05) is 50.8 Å². The van der Waals surface area contributed by atoms with Gasteiger partial charge < -0.3 is 10.2 Å². The van der Waals surface area contributed by atoms with Crippen LogP contribution in [0.1, 0.15) is 6.92 Å². The summed E-state index contributed by atoms with van der Waals surface area (Å²) in [7, 11) is 0. The Morgan fingerprint density at radius 2 is 2.12 bits per heavy atom. The summed E-state index contributed by atoms with van der Waals surface area (Å²) in [6.07, 6.45) is 0. The monoisotopic (exact) mass is 243 g/mol. The molecule has 2 heterocycles. The smallest absolute Gasteiger partial charge is 0.237 e. The van der Waals surface area contributed by atoms with E-state index in [1.165, 1.54) is 0 Å². The van der Waals surface area contributed by atoms with Crippen LogP contribution in [0.15, 0.2) is 0 Å². The molecule has 0 aromatic rings. The lowest BCUT2D eigenvalue weighted by atomic mass is 10.2. The zero-order valence-corrected chi connectivity index (χ0v) is 10.8. The van der Waals surface area contributed by atoms with Crippen molar-refractivity contribution in [3.8, 4) is 0 Å². The summed E-state index contributed by atoms with van der Waals surface area (Å²) in [5.74, 6) is 2.50. The van der Waals surface area contributed by atoms with Crippen molar-refractivity contribution in [3.63, 3.8) is 0 Å². The molecular formula is C11H21N3OS. The summed E-state index contributed by atoms with van der Waals surface area (Å²) in [6.45, 7) is 7.72. The summed E-state index contributed by atoms with van der Waals surface area (Å²) >= 11 is 1.95. The number of rotatable bonds is 2. The van der Waals surface area contributed by atoms with Gasteiger partial charge in [0.05, 0.1) is 6.54 Å². The van der Waals surface area contributed by atoms with E-state index in [9.17, 15) is 4.79 Å². The van der Waals surface area contributed by atoms with Crippen LogP contribution in [0.4, 0.5) is 0 Å². The summed E-state index contributed by atoms with van der Waals surface area (Å²) in [5.41, 5.74) is 0. The maximum Gasteiger partial charge on any atom is 0.237 e. The van der Waals surface area contributed by atoms with Crippen LogP contribution in [0.5, 0.6) is 0 Å². The molecular weight excluding hydrogens is 222 g/mol. The number of hydrogen-bond donors (Lipinski definition) is 1. The molecule has 0 bridgehead atoms. The van der Waals surface area contributed by atoms with Crippen molar-refractivity contribution in [1.82, 2.24) is 15.1 Å². The van der Waals surface area contributed by atoms with E-state index < -0.39 is 0 Å². The van der Waals surface area contributed by atoms with Gasteiger partial charge in [-0.15, -0.1) is 0 Å². The fraction of sp³-hybridized carbons (Fsp3) is 0.909. The second kappa shape index (κ2) is 5.89. The van der Waals surface area contributed by atoms with E-state index in [1.807, 2.05) is 11.8 Å². The van der Waals surface area contributed by atoms with Crippen molar-refractivity contribution in [2.24, 2.45) is 0 Å². The zero-order valence-electron chi connectivity index (χ0n) is 9.95. The summed E-state index contributed by atoms with van der Waals surface area (Å²) < 4.78 is 0. The Kier molecular flexibility index (Phi) is 4.49. The van der Waals surface area contributed by atoms with Gasteiger partial charge >= 0.3 is 0 Å². The quantitative estimate of drug-likeness (QED) is 0.732. The number of thioether (sulfide) groups is 1. The highest BCUT2D eigenvalue weighted by Gasteiger charge is 2.25. The van der Waals surface area contributed by atoms with Gasteiger partial charge in [0.2, 0.25) is 5.91 Å². The van der Waals surface area contributed by atoms with E-state index in [4.69, 9.17) is 0 Å². The Morgan fingerprint density at radius 1 is 1.38 bits per heavy atom. The van der Waals surface area contributed by atoms with Crippen LogP contribution >= 0.6 is 11.8 Å². The summed E-state index contributed by atoms with van der Waals surface area (Å²) in [5, 5.41) is 3.31. The molecule has 2 aliphatic heterocycles. The topological polar surface area (TPSA) is 35.6 Å². The van der Waals surface area contributed by atoms with Crippen LogP contribution in [-0.4, -0.2) is 72.5 Å². The van der Waals surface area contributed by atoms with Gasteiger partial charge in [-0.05, 0) is 6.92 Å². The van der Waals surface area contributed by atoms with Gasteiger partial charge in [-0.2, -0.15) is 11.8 Å². The first-order chi connectivity index (χ1) is 7.77. The minimum Gasteiger partial charge on any atom is -0.337 e. The van der Waals surface area contributed by atoms with Gasteiger partial charge in [0.15, 0.2) is 0 Å². The lowest BCUT2D eigenvalue weighted by molar-refractivity contribution is -0.134. The first kappa shape index (κ1) is 12.2. The van der Waals surface area contributed by atoms with E-state index in [0.717, 1.165) is 44.2 Å². The number of amides is 1. The molecule has 2 saturated heterocycles. The van der Waals surface area contributed by atoms with E-state index in [-0.39, 0.29) is 0 Å². The molecule has 2 fully saturated rings. The largest absolute Gasteiger partial charge is 0.337 e. The number of nitrogens with one attached hydrogen (secondary N) is 1. The standard InChI is InChI=1S/C11H21N3OS/c1-10-9-16-7-6-14(10)11(15)8-13-4-2-12-3-5-13/h10,12H,2-9H2,1H3. The third-order valence-electron chi connectivity index (χ3n) is 3.26. The second-order valence-corrected chi connectivity index (χ2v) is 5.69. The molecule has 2 rings (SSSR count). The molecule has 1 unspecified atom stereocenters. The minimum atomic E-state index is 0.315. The first-order valence-corrected chi connectivity index (χ1v) is 7.23. The van der Waals surface area contributed by atoms with Crippen LogP contribution in [0.2, 0.25) is 0 Å². The highest BCUT2D eigenvalue weighted by atomic mass is 32.2. The molecule has 16 heavy (non-hydrogen) atoms. The van der Waals surface area contributed by atoms with Crippen molar-refractivity contribution < 1.29 is 4.79 Å². The van der Waals surface area contributed by atoms with Gasteiger partial charge in [0.1, 0.15) is 0 Å². The van der Waals surface area contributed by atoms with Crippen LogP contribution in [0, 0.1) is 0 Å². The number of nitrogens with zero attached hydrogens (tertiary/aromatic N) is 2. The highest BCUT2D eigenvalue weighted by Crippen LogP contribution is 2.16. The summed E-state index contributed by atoms with van der Waals surface area (Å²) in [4.78, 5) is 16.4. The molecule has 4 nitrogen and oxygen atoms in total. The molecule has 2 aliphatic rings. The fourth-order valence-electron chi connectivity index (χ4n) is 2.25. The van der Waals surface area contributed by atoms with Gasteiger partial charge in [0.25, 0.3) is 0 Å². The minimum absolute atomic E-state index is 0.315. The highest BCUT2D eigenvalue weighted by molar-refractivity contribution is 7.99. The van der Waals surface area contributed by atoms with Crippen molar-refractivity contribution in [1.29, 1.82) is 0 Å². The van der Waals surface area contributed by atoms with Gasteiger partial charge in [-0.25, -0.2) is 0 Å². The molecule has 5 heteroatoms. The Labute approximate surface area is 102 Å². The molecule has 92 valence electrons. The SMILES string of the molecule is CC1CSCCN1C(=O)CN1CCNCC1. The zero-order chi connectivity index (χ0) is 11.4. The number of carbonyl (C=O) groups is 1. The Hall–Kier alpha value is -0.260. The molecule has 0 aliphatic carbocycles. The van der Waals surface area contributed by atoms with Gasteiger partial charge in [-0.3, -0.25) is 9.69 Å². The first-order valence-electron chi connectivity index (χ1n) is 6.07. The van der Waals surface area contributed by atoms with E-state index in [0.29, 0.717) is 18.5 Å². The van der Waals surface area contributed by atoms with Gasteiger partial charge in [-0.1, -0.05) is 0 Å². The molecule has 0 saturated carbocycles. The van der Waals surface area contributed by atoms with E-state index in [2.05, 4.69) is 22.0 Å². The third-order valence-corrected chi connectivity index (χ3v) is 4.45. The van der Waals surface area contributed by atoms with E-state index >= 15 is 0 Å². The molecule has 0 aromatic carbocycles. The van der Waals surface area contributed by atoms with Crippen molar-refractivity contribution in [2.45, 2.75) is 13.0 Å². The number of carbonyl (C=O) groups excluding carboxylic acids is 1. The number of piperazine rings is 1. The molecule has 1 N–H and O–H groups in total. The molecule has 0 spiro atoms. The van der Waals surface area contributed by atoms with Crippen LogP contribution in [0.3, 0.4) is 0 Å². The lowest BCUT2D eigenvalue weighted by Crippen LogP contribution is -2.52. The Balaban J connectivity index is 1.81. The van der Waals surface area contributed by atoms with Crippen LogP contribution < -0.4 is 5.32 Å². The number of hydrogen-bond acceptors (Lipinski definition) is 4. The normalized spacial score (nSPS) is 28.1. The molecule has 0 radical (unpaired) electrons. The summed E-state index contributed by atoms with van der Waals surface area (Å²) in [6, 6.07) is 0.411. The lowest BCUT2D eigenvalue weighted by Gasteiger charge is -2.35. The predicted molar refractivity (Wildman–Crippen MR) is 67.8 cm³/mol. The third kappa shape index (κ3) is 3.12. The fourth-order valence-corrected chi connectivity index (χ4v) is 3.26. The van der Waals surface area contributed by atoms with Crippen LogP contribution in [-0.2, 0) is 4.79 Å². The average Bonchev–Trinajstić information content (AvgIpc) is 2.31. The van der Waals surface area contributed by atoms with Crippen molar-refractivity contribution in [3.05, 3.63) is 0 Å². The maximum absolute atomic E-state index is 12.1.